The molecule has 18 heavy (non-hydrogen) atoms. The molecule has 6 heteroatoms. The Morgan fingerprint density at radius 2 is 1.61 bits per heavy atom. The molecule has 0 radical (unpaired) electrons. The normalized spacial score (nSPS) is 13.7. The minimum Gasteiger partial charge on any atom is -0.481 e. The lowest BCUT2D eigenvalue weighted by Gasteiger charge is -2.17. The Bertz CT molecular complexity index is 441. The third-order valence-corrected chi connectivity index (χ3v) is 2.36. The van der Waals surface area contributed by atoms with E-state index in [0.29, 0.717) is 12.6 Å². The summed E-state index contributed by atoms with van der Waals surface area (Å²) in [6.07, 6.45) is -2.63. The first kappa shape index (κ1) is 14.0. The van der Waals surface area contributed by atoms with Gasteiger partial charge in [-0.2, -0.15) is 0 Å². The molecule has 96 valence electrons. The van der Waals surface area contributed by atoms with E-state index in [-0.39, 0.29) is 16.7 Å². The number of aldehydes is 2. The van der Waals surface area contributed by atoms with Gasteiger partial charge in [0.15, 0.2) is 0 Å². The van der Waals surface area contributed by atoms with Gasteiger partial charge >= 0.3 is 5.97 Å². The molecule has 0 aliphatic heterocycles. The van der Waals surface area contributed by atoms with Crippen molar-refractivity contribution in [1.29, 1.82) is 0 Å². The molecule has 3 N–H and O–H groups in total. The zero-order valence-corrected chi connectivity index (χ0v) is 9.31. The minimum atomic E-state index is -1.51. The molecule has 0 saturated carbocycles. The average molecular weight is 252 g/mol. The Kier molecular flexibility index (Phi) is 4.70. The van der Waals surface area contributed by atoms with E-state index in [2.05, 4.69) is 0 Å². The fourth-order valence-electron chi connectivity index (χ4n) is 1.52. The highest BCUT2D eigenvalue weighted by molar-refractivity contribution is 5.82. The molecule has 6 nitrogen and oxygen atoms in total. The highest BCUT2D eigenvalue weighted by atomic mass is 16.4. The number of carboxylic acid groups (broad SMARTS) is 1. The van der Waals surface area contributed by atoms with Crippen LogP contribution in [-0.2, 0) is 4.79 Å². The van der Waals surface area contributed by atoms with Crippen LogP contribution in [-0.4, -0.2) is 40.0 Å². The van der Waals surface area contributed by atoms with Crippen LogP contribution in [0.25, 0.3) is 0 Å². The van der Waals surface area contributed by atoms with E-state index < -0.39 is 24.6 Å². The van der Waals surface area contributed by atoms with E-state index in [1.807, 2.05) is 0 Å². The van der Waals surface area contributed by atoms with E-state index in [1.54, 1.807) is 0 Å². The maximum Gasteiger partial charge on any atom is 0.306 e. The summed E-state index contributed by atoms with van der Waals surface area (Å²) in [4.78, 5) is 31.7. The molecule has 0 amide bonds. The summed E-state index contributed by atoms with van der Waals surface area (Å²) in [7, 11) is 0. The van der Waals surface area contributed by atoms with Crippen LogP contribution >= 0.6 is 0 Å². The molecule has 1 aromatic rings. The van der Waals surface area contributed by atoms with Crippen molar-refractivity contribution in [2.45, 2.75) is 18.6 Å². The molecule has 0 aromatic heterocycles. The zero-order valence-electron chi connectivity index (χ0n) is 9.31. The first-order valence-electron chi connectivity index (χ1n) is 5.11. The maximum absolute atomic E-state index is 10.6. The second kappa shape index (κ2) is 6.04. The standard InChI is InChI=1S/C12H12O6/c13-5-7-1-8(6-14)3-9(2-7)12(18)10(15)4-11(16)17/h1-3,5-6,10,12,15,18H,4H2,(H,16,17). The van der Waals surface area contributed by atoms with Crippen molar-refractivity contribution in [3.8, 4) is 0 Å². The number of aliphatic hydroxyl groups is 2. The molecule has 2 atom stereocenters. The Balaban J connectivity index is 3.03. The first-order valence-corrected chi connectivity index (χ1v) is 5.11. The lowest BCUT2D eigenvalue weighted by molar-refractivity contribution is -0.141. The van der Waals surface area contributed by atoms with Gasteiger partial charge in [0.05, 0.1) is 12.5 Å². The number of rotatable bonds is 6. The molecule has 0 aliphatic rings. The van der Waals surface area contributed by atoms with Crippen molar-refractivity contribution in [3.05, 3.63) is 34.9 Å². The number of aliphatic carboxylic acids is 1. The van der Waals surface area contributed by atoms with E-state index in [4.69, 9.17) is 5.11 Å². The van der Waals surface area contributed by atoms with Crippen LogP contribution in [0.3, 0.4) is 0 Å². The summed E-state index contributed by atoms with van der Waals surface area (Å²) < 4.78 is 0. The quantitative estimate of drug-likeness (QED) is 0.623. The molecular weight excluding hydrogens is 240 g/mol. The van der Waals surface area contributed by atoms with E-state index in [0.717, 1.165) is 0 Å². The van der Waals surface area contributed by atoms with E-state index in [1.165, 1.54) is 18.2 Å². The van der Waals surface area contributed by atoms with Gasteiger partial charge in [0.1, 0.15) is 18.7 Å². The number of aliphatic hydroxyl groups excluding tert-OH is 2. The van der Waals surface area contributed by atoms with Crippen molar-refractivity contribution < 1.29 is 29.7 Å². The molecule has 1 aromatic carbocycles. The van der Waals surface area contributed by atoms with Gasteiger partial charge in [-0.25, -0.2) is 0 Å². The topological polar surface area (TPSA) is 112 Å². The Morgan fingerprint density at radius 3 is 2.00 bits per heavy atom. The smallest absolute Gasteiger partial charge is 0.306 e. The van der Waals surface area contributed by atoms with Gasteiger partial charge in [-0.05, 0) is 23.8 Å². The molecule has 1 rings (SSSR count). The predicted octanol–water partition coefficient (Wildman–Crippen LogP) is 0.181. The van der Waals surface area contributed by atoms with Crippen molar-refractivity contribution in [2.75, 3.05) is 0 Å². The SMILES string of the molecule is O=Cc1cc(C=O)cc(C(O)C(O)CC(=O)O)c1. The van der Waals surface area contributed by atoms with Gasteiger partial charge in [0.25, 0.3) is 0 Å². The number of carbonyl (C=O) groups excluding carboxylic acids is 2. The van der Waals surface area contributed by atoms with Crippen molar-refractivity contribution in [1.82, 2.24) is 0 Å². The fraction of sp³-hybridized carbons (Fsp3) is 0.250. The molecule has 2 unspecified atom stereocenters. The number of carbonyl (C=O) groups is 3. The highest BCUT2D eigenvalue weighted by Crippen LogP contribution is 2.21. The third kappa shape index (κ3) is 3.47. The van der Waals surface area contributed by atoms with Gasteiger partial charge in [0, 0.05) is 11.1 Å². The summed E-state index contributed by atoms with van der Waals surface area (Å²) in [5, 5.41) is 27.7. The predicted molar refractivity (Wildman–Crippen MR) is 60.4 cm³/mol. The lowest BCUT2D eigenvalue weighted by atomic mass is 9.98. The van der Waals surface area contributed by atoms with E-state index in [9.17, 15) is 24.6 Å². The van der Waals surface area contributed by atoms with Gasteiger partial charge in [-0.1, -0.05) is 0 Å². The largest absolute Gasteiger partial charge is 0.481 e. The maximum atomic E-state index is 10.6. The van der Waals surface area contributed by atoms with Crippen molar-refractivity contribution in [2.24, 2.45) is 0 Å². The highest BCUT2D eigenvalue weighted by Gasteiger charge is 2.21. The van der Waals surface area contributed by atoms with Crippen molar-refractivity contribution >= 4 is 18.5 Å². The van der Waals surface area contributed by atoms with Crippen LogP contribution in [0.15, 0.2) is 18.2 Å². The van der Waals surface area contributed by atoms with Gasteiger partial charge in [-0.15, -0.1) is 0 Å². The van der Waals surface area contributed by atoms with Gasteiger partial charge in [0.2, 0.25) is 0 Å². The minimum absolute atomic E-state index is 0.121. The van der Waals surface area contributed by atoms with Crippen LogP contribution in [0.5, 0.6) is 0 Å². The number of hydrogen-bond acceptors (Lipinski definition) is 5. The summed E-state index contributed by atoms with van der Waals surface area (Å²) in [6.45, 7) is 0. The first-order chi connectivity index (χ1) is 8.47. The lowest BCUT2D eigenvalue weighted by Crippen LogP contribution is -2.22. The fourth-order valence-corrected chi connectivity index (χ4v) is 1.52. The molecule has 0 heterocycles. The number of benzene rings is 1. The van der Waals surface area contributed by atoms with Gasteiger partial charge < -0.3 is 15.3 Å². The number of carboxylic acids is 1. The molecular formula is C12H12O6. The molecule has 0 aliphatic carbocycles. The summed E-state index contributed by atoms with van der Waals surface area (Å²) in [5.41, 5.74) is 0.447. The summed E-state index contributed by atoms with van der Waals surface area (Å²) in [6, 6.07) is 3.89. The molecule has 0 fully saturated rings. The summed E-state index contributed by atoms with van der Waals surface area (Å²) in [5.74, 6) is -1.26. The van der Waals surface area contributed by atoms with Crippen LogP contribution in [0.1, 0.15) is 38.8 Å². The number of hydrogen-bond donors (Lipinski definition) is 3. The molecule has 0 bridgehead atoms. The van der Waals surface area contributed by atoms with Crippen LogP contribution in [0.2, 0.25) is 0 Å². The summed E-state index contributed by atoms with van der Waals surface area (Å²) >= 11 is 0. The van der Waals surface area contributed by atoms with Crippen molar-refractivity contribution in [3.63, 3.8) is 0 Å². The van der Waals surface area contributed by atoms with Crippen LogP contribution in [0, 0.1) is 0 Å². The Labute approximate surface area is 102 Å². The van der Waals surface area contributed by atoms with Crippen LogP contribution in [0.4, 0.5) is 0 Å². The Hall–Kier alpha value is -2.05. The second-order valence-corrected chi connectivity index (χ2v) is 3.78. The second-order valence-electron chi connectivity index (χ2n) is 3.78. The molecule has 0 spiro atoms. The third-order valence-electron chi connectivity index (χ3n) is 2.36. The molecule has 0 saturated heterocycles. The average Bonchev–Trinajstić information content (AvgIpc) is 2.36. The zero-order chi connectivity index (χ0) is 13.7. The van der Waals surface area contributed by atoms with Gasteiger partial charge in [-0.3, -0.25) is 14.4 Å². The monoisotopic (exact) mass is 252 g/mol. The Morgan fingerprint density at radius 1 is 1.11 bits per heavy atom. The van der Waals surface area contributed by atoms with E-state index >= 15 is 0 Å². The van der Waals surface area contributed by atoms with Crippen LogP contribution < -0.4 is 0 Å².